The third-order valence-electron chi connectivity index (χ3n) is 4.96. The number of anilines is 1. The first kappa shape index (κ1) is 23.4. The fourth-order valence-corrected chi connectivity index (χ4v) is 3.52. The van der Waals surface area contributed by atoms with E-state index in [-0.39, 0.29) is 18.1 Å². The Balaban J connectivity index is 0.000000360. The van der Waals surface area contributed by atoms with Crippen molar-refractivity contribution in [2.24, 2.45) is 0 Å². The predicted octanol–water partition coefficient (Wildman–Crippen LogP) is 2.28. The highest BCUT2D eigenvalue weighted by molar-refractivity contribution is 5.80. The standard InChI is InChI=1S/C17H19FN4O3.C2HF3O2/c18-11-8-20-17(21-9-11)22-6-5-14-13(22)3-4-15(25-14)16(23)19-10-12-2-1-7-24-12;3-2(4,5)1(6)7/h1-2,7-9,13-15H,3-6,10H2,(H,19,23);(H,6,7)/t13-,14-,15-;/m1./s1. The number of furan rings is 1. The lowest BCUT2D eigenvalue weighted by atomic mass is 9.98. The summed E-state index contributed by atoms with van der Waals surface area (Å²) in [4.78, 5) is 31.4. The van der Waals surface area contributed by atoms with E-state index in [2.05, 4.69) is 15.3 Å². The number of alkyl halides is 3. The zero-order valence-electron chi connectivity index (χ0n) is 16.6. The van der Waals surface area contributed by atoms with Gasteiger partial charge in [0.05, 0.1) is 37.3 Å². The minimum absolute atomic E-state index is 0.0400. The van der Waals surface area contributed by atoms with Crippen molar-refractivity contribution in [3.05, 3.63) is 42.4 Å². The van der Waals surface area contributed by atoms with E-state index in [9.17, 15) is 22.4 Å². The number of carbonyl (C=O) groups is 2. The number of rotatable bonds is 4. The Morgan fingerprint density at radius 3 is 2.50 bits per heavy atom. The molecule has 4 rings (SSSR count). The molecule has 0 unspecified atom stereocenters. The van der Waals surface area contributed by atoms with Crippen LogP contribution in [0.1, 0.15) is 25.0 Å². The van der Waals surface area contributed by atoms with Crippen LogP contribution >= 0.6 is 0 Å². The third-order valence-corrected chi connectivity index (χ3v) is 4.96. The van der Waals surface area contributed by atoms with E-state index < -0.39 is 24.1 Å². The van der Waals surface area contributed by atoms with Gasteiger partial charge in [-0.1, -0.05) is 0 Å². The molecule has 1 amide bonds. The quantitative estimate of drug-likeness (QED) is 0.668. The predicted molar refractivity (Wildman–Crippen MR) is 99.9 cm³/mol. The Morgan fingerprint density at radius 2 is 1.91 bits per heavy atom. The molecule has 0 aliphatic carbocycles. The van der Waals surface area contributed by atoms with Gasteiger partial charge in [-0.15, -0.1) is 0 Å². The molecule has 0 aromatic carbocycles. The van der Waals surface area contributed by atoms with Crippen LogP contribution in [0.15, 0.2) is 35.2 Å². The van der Waals surface area contributed by atoms with E-state index >= 15 is 0 Å². The monoisotopic (exact) mass is 460 g/mol. The number of nitrogens with zero attached hydrogens (tertiary/aromatic N) is 3. The molecule has 13 heteroatoms. The maximum Gasteiger partial charge on any atom is 0.490 e. The van der Waals surface area contributed by atoms with Crippen LogP contribution in [0.2, 0.25) is 0 Å². The zero-order valence-corrected chi connectivity index (χ0v) is 16.6. The summed E-state index contributed by atoms with van der Waals surface area (Å²) in [6.45, 7) is 1.09. The molecule has 2 aliphatic heterocycles. The van der Waals surface area contributed by atoms with Crippen LogP contribution in [-0.2, 0) is 20.9 Å². The van der Waals surface area contributed by atoms with Gasteiger partial charge in [0, 0.05) is 6.54 Å². The summed E-state index contributed by atoms with van der Waals surface area (Å²) < 4.78 is 56.0. The summed E-state index contributed by atoms with van der Waals surface area (Å²) in [5, 5.41) is 9.97. The molecule has 2 saturated heterocycles. The average molecular weight is 460 g/mol. The van der Waals surface area contributed by atoms with E-state index in [1.807, 2.05) is 11.0 Å². The minimum Gasteiger partial charge on any atom is -0.475 e. The van der Waals surface area contributed by atoms with Crippen LogP contribution in [-0.4, -0.2) is 57.9 Å². The number of nitrogens with one attached hydrogen (secondary N) is 1. The van der Waals surface area contributed by atoms with Crippen LogP contribution in [0.3, 0.4) is 0 Å². The van der Waals surface area contributed by atoms with Gasteiger partial charge in [0.2, 0.25) is 11.9 Å². The lowest BCUT2D eigenvalue weighted by Crippen LogP contribution is -2.48. The molecule has 0 saturated carbocycles. The maximum atomic E-state index is 13.0. The Labute approximate surface area is 179 Å². The smallest absolute Gasteiger partial charge is 0.475 e. The largest absolute Gasteiger partial charge is 0.490 e. The summed E-state index contributed by atoms with van der Waals surface area (Å²) in [5.74, 6) is -2.10. The second-order valence-corrected chi connectivity index (χ2v) is 7.09. The topological polar surface area (TPSA) is 118 Å². The van der Waals surface area contributed by atoms with Gasteiger partial charge in [-0.2, -0.15) is 13.2 Å². The Bertz CT molecular complexity index is 907. The van der Waals surface area contributed by atoms with Gasteiger partial charge in [0.15, 0.2) is 5.82 Å². The van der Waals surface area contributed by atoms with Gasteiger partial charge < -0.3 is 24.5 Å². The van der Waals surface area contributed by atoms with Crippen molar-refractivity contribution in [2.45, 2.75) is 50.2 Å². The number of amides is 1. The van der Waals surface area contributed by atoms with Crippen LogP contribution in [0.4, 0.5) is 23.5 Å². The molecule has 2 fully saturated rings. The number of fused-ring (bicyclic) bond motifs is 1. The minimum atomic E-state index is -5.08. The van der Waals surface area contributed by atoms with E-state index in [0.29, 0.717) is 24.7 Å². The molecular weight excluding hydrogens is 440 g/mol. The molecule has 2 aromatic rings. The first-order chi connectivity index (χ1) is 15.1. The van der Waals surface area contributed by atoms with Crippen molar-refractivity contribution in [1.29, 1.82) is 0 Å². The highest BCUT2D eigenvalue weighted by Crippen LogP contribution is 2.33. The van der Waals surface area contributed by atoms with Gasteiger partial charge >= 0.3 is 12.1 Å². The summed E-state index contributed by atoms with van der Waals surface area (Å²) in [6, 6.07) is 3.73. The molecule has 9 nitrogen and oxygen atoms in total. The van der Waals surface area contributed by atoms with Crippen LogP contribution < -0.4 is 10.2 Å². The summed E-state index contributed by atoms with van der Waals surface area (Å²) >= 11 is 0. The maximum absolute atomic E-state index is 13.0. The summed E-state index contributed by atoms with van der Waals surface area (Å²) in [5.41, 5.74) is 0. The second-order valence-electron chi connectivity index (χ2n) is 7.09. The highest BCUT2D eigenvalue weighted by Gasteiger charge is 2.42. The van der Waals surface area contributed by atoms with E-state index in [1.54, 1.807) is 12.3 Å². The van der Waals surface area contributed by atoms with Crippen LogP contribution in [0, 0.1) is 5.82 Å². The molecule has 2 aromatic heterocycles. The van der Waals surface area contributed by atoms with E-state index in [4.69, 9.17) is 19.1 Å². The fourth-order valence-electron chi connectivity index (χ4n) is 3.52. The van der Waals surface area contributed by atoms with Crippen molar-refractivity contribution >= 4 is 17.8 Å². The molecule has 0 spiro atoms. The van der Waals surface area contributed by atoms with Crippen molar-refractivity contribution in [3.8, 4) is 0 Å². The number of carboxylic acid groups (broad SMARTS) is 1. The lowest BCUT2D eigenvalue weighted by Gasteiger charge is -2.35. The van der Waals surface area contributed by atoms with Crippen molar-refractivity contribution in [1.82, 2.24) is 15.3 Å². The van der Waals surface area contributed by atoms with Crippen LogP contribution in [0.5, 0.6) is 0 Å². The molecular formula is C19H20F4N4O5. The van der Waals surface area contributed by atoms with Crippen molar-refractivity contribution in [2.75, 3.05) is 11.4 Å². The van der Waals surface area contributed by atoms with Gasteiger partial charge in [-0.05, 0) is 31.4 Å². The first-order valence-corrected chi connectivity index (χ1v) is 9.65. The number of ether oxygens (including phenoxy) is 1. The molecule has 0 radical (unpaired) electrons. The molecule has 2 aliphatic rings. The molecule has 32 heavy (non-hydrogen) atoms. The fraction of sp³-hybridized carbons (Fsp3) is 0.474. The summed E-state index contributed by atoms with van der Waals surface area (Å²) in [7, 11) is 0. The Kier molecular flexibility index (Phi) is 7.28. The SMILES string of the molecule is O=C(NCc1ccco1)[C@H]1CC[C@@H]2[C@@H](CCN2c2ncc(F)cn2)O1.O=C(O)C(F)(F)F. The molecule has 4 heterocycles. The Morgan fingerprint density at radius 1 is 1.22 bits per heavy atom. The zero-order chi connectivity index (χ0) is 23.3. The Hall–Kier alpha value is -3.22. The van der Waals surface area contributed by atoms with Crippen molar-refractivity contribution in [3.63, 3.8) is 0 Å². The van der Waals surface area contributed by atoms with E-state index in [0.717, 1.165) is 19.4 Å². The number of carbonyl (C=O) groups excluding carboxylic acids is 1. The summed E-state index contributed by atoms with van der Waals surface area (Å²) in [6.07, 6.45) is 0.579. The number of aliphatic carboxylic acids is 1. The van der Waals surface area contributed by atoms with Gasteiger partial charge in [0.1, 0.15) is 11.9 Å². The highest BCUT2D eigenvalue weighted by atomic mass is 19.4. The molecule has 0 bridgehead atoms. The van der Waals surface area contributed by atoms with Gasteiger partial charge in [-0.3, -0.25) is 4.79 Å². The van der Waals surface area contributed by atoms with Gasteiger partial charge in [0.25, 0.3) is 0 Å². The number of halogens is 4. The molecule has 174 valence electrons. The molecule has 2 N–H and O–H groups in total. The average Bonchev–Trinajstić information content (AvgIpc) is 3.42. The number of aromatic nitrogens is 2. The number of hydrogen-bond donors (Lipinski definition) is 2. The molecule has 3 atom stereocenters. The first-order valence-electron chi connectivity index (χ1n) is 9.65. The van der Waals surface area contributed by atoms with Gasteiger partial charge in [-0.25, -0.2) is 19.2 Å². The van der Waals surface area contributed by atoms with Crippen LogP contribution in [0.25, 0.3) is 0 Å². The number of carboxylic acids is 1. The van der Waals surface area contributed by atoms with E-state index in [1.165, 1.54) is 12.4 Å². The third kappa shape index (κ3) is 5.93. The van der Waals surface area contributed by atoms with Crippen molar-refractivity contribution < 1.29 is 41.4 Å². The normalized spacial score (nSPS) is 22.5. The second kappa shape index (κ2) is 9.94. The lowest BCUT2D eigenvalue weighted by molar-refractivity contribution is -0.192. The number of hydrogen-bond acceptors (Lipinski definition) is 7.